The predicted octanol–water partition coefficient (Wildman–Crippen LogP) is -0.318. The molecule has 0 aromatic heterocycles. The number of carboxylic acid groups (broad SMARTS) is 1. The molecule has 3 N–H and O–H groups in total. The second kappa shape index (κ2) is 4.46. The van der Waals surface area contributed by atoms with Crippen LogP contribution in [0, 0.1) is 5.92 Å². The van der Waals surface area contributed by atoms with Crippen LogP contribution in [0.15, 0.2) is 0 Å². The summed E-state index contributed by atoms with van der Waals surface area (Å²) in [5.41, 5.74) is 0. The van der Waals surface area contributed by atoms with E-state index < -0.39 is 22.2 Å². The molecule has 7 heteroatoms. The van der Waals surface area contributed by atoms with Crippen molar-refractivity contribution in [3.05, 3.63) is 0 Å². The first kappa shape index (κ1) is 12.4. The lowest BCUT2D eigenvalue weighted by atomic mass is 10.1. The summed E-state index contributed by atoms with van der Waals surface area (Å²) in [5, 5.41) is 8.80. The van der Waals surface area contributed by atoms with Crippen molar-refractivity contribution in [3.8, 4) is 0 Å². The van der Waals surface area contributed by atoms with Crippen LogP contribution in [0.4, 0.5) is 0 Å². The smallest absolute Gasteiger partial charge is 0.322 e. The molecule has 0 heterocycles. The van der Waals surface area contributed by atoms with Crippen LogP contribution in [0.2, 0.25) is 0 Å². The van der Waals surface area contributed by atoms with Gasteiger partial charge in [-0.1, -0.05) is 13.8 Å². The number of carboxylic acids is 1. The summed E-state index contributed by atoms with van der Waals surface area (Å²) in [4.78, 5) is 10.8. The number of carbonyl (C=O) groups is 1. The Kier molecular flexibility index (Phi) is 3.69. The van der Waals surface area contributed by atoms with Gasteiger partial charge in [0.25, 0.3) is 10.2 Å². The summed E-state index contributed by atoms with van der Waals surface area (Å²) in [6.45, 7) is 3.30. The van der Waals surface area contributed by atoms with Crippen LogP contribution in [-0.4, -0.2) is 31.6 Å². The van der Waals surface area contributed by atoms with Crippen molar-refractivity contribution in [2.24, 2.45) is 5.92 Å². The third kappa shape index (κ3) is 4.15. The third-order valence-corrected chi connectivity index (χ3v) is 3.32. The van der Waals surface area contributed by atoms with Crippen molar-refractivity contribution in [1.29, 1.82) is 0 Å². The highest BCUT2D eigenvalue weighted by Gasteiger charge is 2.31. The van der Waals surface area contributed by atoms with Crippen molar-refractivity contribution >= 4 is 16.2 Å². The van der Waals surface area contributed by atoms with E-state index in [4.69, 9.17) is 5.11 Å². The normalized spacial score (nSPS) is 19.1. The summed E-state index contributed by atoms with van der Waals surface area (Å²) in [6.07, 6.45) is 1.64. The average Bonchev–Trinajstić information content (AvgIpc) is 2.82. The summed E-state index contributed by atoms with van der Waals surface area (Å²) >= 11 is 0. The Labute approximate surface area is 89.2 Å². The lowest BCUT2D eigenvalue weighted by Crippen LogP contribution is -2.49. The van der Waals surface area contributed by atoms with Gasteiger partial charge in [-0.15, -0.1) is 0 Å². The van der Waals surface area contributed by atoms with E-state index in [1.54, 1.807) is 13.8 Å². The Morgan fingerprint density at radius 2 is 1.93 bits per heavy atom. The first-order chi connectivity index (χ1) is 6.82. The minimum absolute atomic E-state index is 0.0240. The van der Waals surface area contributed by atoms with Gasteiger partial charge in [0.15, 0.2) is 0 Å². The van der Waals surface area contributed by atoms with E-state index in [0.29, 0.717) is 0 Å². The molecule has 0 bridgehead atoms. The summed E-state index contributed by atoms with van der Waals surface area (Å²) in [5.74, 6) is -1.45. The van der Waals surface area contributed by atoms with Crippen molar-refractivity contribution in [3.63, 3.8) is 0 Å². The van der Waals surface area contributed by atoms with Gasteiger partial charge in [0.2, 0.25) is 0 Å². The Balaban J connectivity index is 2.59. The molecule has 15 heavy (non-hydrogen) atoms. The maximum Gasteiger partial charge on any atom is 0.322 e. The summed E-state index contributed by atoms with van der Waals surface area (Å²) < 4.78 is 27.3. The predicted molar refractivity (Wildman–Crippen MR) is 54.5 cm³/mol. The average molecular weight is 236 g/mol. The van der Waals surface area contributed by atoms with E-state index in [9.17, 15) is 13.2 Å². The highest BCUT2D eigenvalue weighted by atomic mass is 32.2. The minimum Gasteiger partial charge on any atom is -0.480 e. The Morgan fingerprint density at radius 1 is 1.40 bits per heavy atom. The molecule has 1 rings (SSSR count). The molecule has 0 spiro atoms. The zero-order valence-corrected chi connectivity index (χ0v) is 9.54. The van der Waals surface area contributed by atoms with Crippen LogP contribution in [0.25, 0.3) is 0 Å². The van der Waals surface area contributed by atoms with Crippen LogP contribution in [0.1, 0.15) is 26.7 Å². The fourth-order valence-electron chi connectivity index (χ4n) is 1.09. The summed E-state index contributed by atoms with van der Waals surface area (Å²) in [7, 11) is -3.69. The van der Waals surface area contributed by atoms with E-state index in [0.717, 1.165) is 12.8 Å². The molecule has 1 atom stereocenters. The molecule has 6 nitrogen and oxygen atoms in total. The number of nitrogens with one attached hydrogen (secondary N) is 2. The minimum atomic E-state index is -3.69. The molecular formula is C8H16N2O4S. The number of hydrogen-bond acceptors (Lipinski definition) is 3. The van der Waals surface area contributed by atoms with Gasteiger partial charge in [0.1, 0.15) is 6.04 Å². The molecule has 0 aliphatic heterocycles. The van der Waals surface area contributed by atoms with Crippen molar-refractivity contribution < 1.29 is 18.3 Å². The van der Waals surface area contributed by atoms with Gasteiger partial charge in [-0.05, 0) is 18.8 Å². The first-order valence-electron chi connectivity index (χ1n) is 4.84. The first-order valence-corrected chi connectivity index (χ1v) is 6.32. The molecule has 0 amide bonds. The Hall–Kier alpha value is -0.660. The SMILES string of the molecule is CC(C)[C@H](NS(=O)(=O)NC1CC1)C(=O)O. The fourth-order valence-corrected chi connectivity index (χ4v) is 2.54. The van der Waals surface area contributed by atoms with Crippen LogP contribution < -0.4 is 9.44 Å². The quantitative estimate of drug-likeness (QED) is 0.589. The number of hydrogen-bond donors (Lipinski definition) is 3. The highest BCUT2D eigenvalue weighted by Crippen LogP contribution is 2.19. The van der Waals surface area contributed by atoms with Crippen LogP contribution in [0.5, 0.6) is 0 Å². The van der Waals surface area contributed by atoms with Crippen molar-refractivity contribution in [2.45, 2.75) is 38.8 Å². The summed E-state index contributed by atoms with van der Waals surface area (Å²) in [6, 6.07) is -1.11. The van der Waals surface area contributed by atoms with Crippen LogP contribution >= 0.6 is 0 Å². The van der Waals surface area contributed by atoms with Crippen molar-refractivity contribution in [2.75, 3.05) is 0 Å². The lowest BCUT2D eigenvalue weighted by molar-refractivity contribution is -0.140. The van der Waals surface area contributed by atoms with Gasteiger partial charge >= 0.3 is 5.97 Å². The molecule has 1 aliphatic rings. The van der Waals surface area contributed by atoms with Gasteiger partial charge in [-0.3, -0.25) is 4.79 Å². The van der Waals surface area contributed by atoms with E-state index in [1.807, 2.05) is 0 Å². The van der Waals surface area contributed by atoms with Gasteiger partial charge in [0.05, 0.1) is 0 Å². The monoisotopic (exact) mass is 236 g/mol. The fraction of sp³-hybridized carbons (Fsp3) is 0.875. The molecule has 1 fully saturated rings. The third-order valence-electron chi connectivity index (χ3n) is 2.11. The maximum atomic E-state index is 11.4. The zero-order chi connectivity index (χ0) is 11.6. The highest BCUT2D eigenvalue weighted by molar-refractivity contribution is 7.87. The molecule has 0 aromatic carbocycles. The molecule has 0 saturated heterocycles. The molecule has 1 saturated carbocycles. The number of aliphatic carboxylic acids is 1. The molecule has 1 aliphatic carbocycles. The van der Waals surface area contributed by atoms with Crippen molar-refractivity contribution in [1.82, 2.24) is 9.44 Å². The standard InChI is InChI=1S/C8H16N2O4S/c1-5(2)7(8(11)12)10-15(13,14)9-6-3-4-6/h5-7,9-10H,3-4H2,1-2H3,(H,11,12)/t7-/m0/s1. The Morgan fingerprint density at radius 3 is 2.27 bits per heavy atom. The number of rotatable bonds is 6. The molecule has 0 radical (unpaired) electrons. The zero-order valence-electron chi connectivity index (χ0n) is 8.73. The Bertz CT molecular complexity index is 335. The van der Waals surface area contributed by atoms with E-state index in [-0.39, 0.29) is 12.0 Å². The maximum absolute atomic E-state index is 11.4. The van der Waals surface area contributed by atoms with Gasteiger partial charge in [-0.25, -0.2) is 0 Å². The van der Waals surface area contributed by atoms with Gasteiger partial charge in [-0.2, -0.15) is 17.9 Å². The van der Waals surface area contributed by atoms with E-state index in [1.165, 1.54) is 0 Å². The molecule has 88 valence electrons. The molecule has 0 aromatic rings. The lowest BCUT2D eigenvalue weighted by Gasteiger charge is -2.17. The van der Waals surface area contributed by atoms with Gasteiger partial charge < -0.3 is 5.11 Å². The van der Waals surface area contributed by atoms with E-state index in [2.05, 4.69) is 9.44 Å². The largest absolute Gasteiger partial charge is 0.480 e. The topological polar surface area (TPSA) is 95.5 Å². The van der Waals surface area contributed by atoms with E-state index >= 15 is 0 Å². The van der Waals surface area contributed by atoms with Gasteiger partial charge in [0, 0.05) is 6.04 Å². The second-order valence-electron chi connectivity index (χ2n) is 4.07. The second-order valence-corrected chi connectivity index (χ2v) is 5.55. The van der Waals surface area contributed by atoms with Crippen LogP contribution in [0.3, 0.4) is 0 Å². The molecule has 0 unspecified atom stereocenters. The molecular weight excluding hydrogens is 220 g/mol. The van der Waals surface area contributed by atoms with Crippen LogP contribution in [-0.2, 0) is 15.0 Å².